The van der Waals surface area contributed by atoms with Crippen molar-refractivity contribution in [3.8, 4) is 0 Å². The fourth-order valence-electron chi connectivity index (χ4n) is 2.15. The molecule has 1 atom stereocenters. The molecule has 0 N–H and O–H groups in total. The molecule has 2 rings (SSSR count). The highest BCUT2D eigenvalue weighted by molar-refractivity contribution is 5.68. The van der Waals surface area contributed by atoms with E-state index in [1.165, 1.54) is 0 Å². The molecule has 1 saturated heterocycles. The van der Waals surface area contributed by atoms with Gasteiger partial charge in [-0.2, -0.15) is 4.98 Å². The SMILES string of the molecule is Cc1nc(N2CCN(C(=O)OC(C)(C)C)C[C@@H]2C)no1. The van der Waals surface area contributed by atoms with Crippen molar-refractivity contribution in [3.63, 3.8) is 0 Å². The standard InChI is InChI=1S/C13H22N4O3/c1-9-8-16(12(18)19-13(3,4)5)6-7-17(9)11-14-10(2)20-15-11/h9H,6-8H2,1-5H3/t9-/m0/s1. The highest BCUT2D eigenvalue weighted by atomic mass is 16.6. The van der Waals surface area contributed by atoms with Crippen LogP contribution in [0.5, 0.6) is 0 Å². The molecule has 7 nitrogen and oxygen atoms in total. The second-order valence-electron chi connectivity index (χ2n) is 6.08. The molecule has 0 aromatic carbocycles. The quantitative estimate of drug-likeness (QED) is 0.782. The number of ether oxygens (including phenoxy) is 1. The van der Waals surface area contributed by atoms with Crippen LogP contribution in [0.2, 0.25) is 0 Å². The molecule has 1 aliphatic rings. The van der Waals surface area contributed by atoms with E-state index in [1.54, 1.807) is 11.8 Å². The zero-order valence-corrected chi connectivity index (χ0v) is 12.7. The predicted molar refractivity (Wildman–Crippen MR) is 73.7 cm³/mol. The summed E-state index contributed by atoms with van der Waals surface area (Å²) >= 11 is 0. The third-order valence-corrected chi connectivity index (χ3v) is 3.05. The summed E-state index contributed by atoms with van der Waals surface area (Å²) in [6.45, 7) is 11.2. The Morgan fingerprint density at radius 1 is 1.40 bits per heavy atom. The van der Waals surface area contributed by atoms with Crippen molar-refractivity contribution < 1.29 is 14.1 Å². The van der Waals surface area contributed by atoms with Gasteiger partial charge in [-0.05, 0) is 32.9 Å². The lowest BCUT2D eigenvalue weighted by Crippen LogP contribution is -2.54. The Hall–Kier alpha value is -1.79. The van der Waals surface area contributed by atoms with Gasteiger partial charge in [0.15, 0.2) is 0 Å². The van der Waals surface area contributed by atoms with E-state index < -0.39 is 5.60 Å². The number of anilines is 1. The lowest BCUT2D eigenvalue weighted by atomic mass is 10.2. The summed E-state index contributed by atoms with van der Waals surface area (Å²) in [5.74, 6) is 1.13. The van der Waals surface area contributed by atoms with Gasteiger partial charge in [-0.1, -0.05) is 0 Å². The molecular weight excluding hydrogens is 260 g/mol. The first-order valence-electron chi connectivity index (χ1n) is 6.81. The number of carbonyl (C=O) groups excluding carboxylic acids is 1. The Bertz CT molecular complexity index is 480. The minimum Gasteiger partial charge on any atom is -0.444 e. The van der Waals surface area contributed by atoms with Gasteiger partial charge in [0.25, 0.3) is 5.95 Å². The highest BCUT2D eigenvalue weighted by Crippen LogP contribution is 2.19. The number of amides is 1. The molecule has 1 fully saturated rings. The van der Waals surface area contributed by atoms with E-state index in [4.69, 9.17) is 9.26 Å². The summed E-state index contributed by atoms with van der Waals surface area (Å²) in [5.41, 5.74) is -0.470. The summed E-state index contributed by atoms with van der Waals surface area (Å²) in [5, 5.41) is 3.92. The number of aryl methyl sites for hydroxylation is 1. The van der Waals surface area contributed by atoms with E-state index in [2.05, 4.69) is 10.1 Å². The molecular formula is C13H22N4O3. The molecule has 112 valence electrons. The minimum absolute atomic E-state index is 0.119. The van der Waals surface area contributed by atoms with E-state index >= 15 is 0 Å². The van der Waals surface area contributed by atoms with E-state index in [0.29, 0.717) is 31.5 Å². The van der Waals surface area contributed by atoms with Gasteiger partial charge in [0.05, 0.1) is 0 Å². The molecule has 7 heteroatoms. The molecule has 0 aliphatic carbocycles. The number of piperazine rings is 1. The summed E-state index contributed by atoms with van der Waals surface area (Å²) in [6, 6.07) is 0.119. The topological polar surface area (TPSA) is 71.7 Å². The lowest BCUT2D eigenvalue weighted by Gasteiger charge is -2.39. The second-order valence-corrected chi connectivity index (χ2v) is 6.08. The van der Waals surface area contributed by atoms with Crippen LogP contribution >= 0.6 is 0 Å². The smallest absolute Gasteiger partial charge is 0.410 e. The van der Waals surface area contributed by atoms with Crippen LogP contribution in [0, 0.1) is 6.92 Å². The Kier molecular flexibility index (Phi) is 3.87. The van der Waals surface area contributed by atoms with E-state index in [9.17, 15) is 4.79 Å². The molecule has 0 bridgehead atoms. The Balaban J connectivity index is 1.97. The maximum absolute atomic E-state index is 12.0. The van der Waals surface area contributed by atoms with Crippen LogP contribution in [-0.4, -0.2) is 52.4 Å². The van der Waals surface area contributed by atoms with Gasteiger partial charge in [-0.15, -0.1) is 0 Å². The van der Waals surface area contributed by atoms with Crippen molar-refractivity contribution in [2.24, 2.45) is 0 Å². The van der Waals surface area contributed by atoms with Crippen LogP contribution < -0.4 is 4.90 Å². The maximum Gasteiger partial charge on any atom is 0.410 e. The van der Waals surface area contributed by atoms with E-state index in [-0.39, 0.29) is 12.1 Å². The van der Waals surface area contributed by atoms with Crippen LogP contribution in [0.4, 0.5) is 10.7 Å². The lowest BCUT2D eigenvalue weighted by molar-refractivity contribution is 0.0218. The first-order valence-corrected chi connectivity index (χ1v) is 6.81. The van der Waals surface area contributed by atoms with Crippen molar-refractivity contribution in [2.75, 3.05) is 24.5 Å². The van der Waals surface area contributed by atoms with Crippen molar-refractivity contribution in [3.05, 3.63) is 5.89 Å². The molecule has 2 heterocycles. The summed E-state index contributed by atoms with van der Waals surface area (Å²) < 4.78 is 10.4. The summed E-state index contributed by atoms with van der Waals surface area (Å²) in [7, 11) is 0. The number of carbonyl (C=O) groups is 1. The molecule has 1 aromatic heterocycles. The minimum atomic E-state index is -0.470. The van der Waals surface area contributed by atoms with Crippen molar-refractivity contribution in [1.29, 1.82) is 0 Å². The fourth-order valence-corrected chi connectivity index (χ4v) is 2.15. The Labute approximate surface area is 118 Å². The number of nitrogens with zero attached hydrogens (tertiary/aromatic N) is 4. The van der Waals surface area contributed by atoms with Crippen LogP contribution in [-0.2, 0) is 4.74 Å². The summed E-state index contributed by atoms with van der Waals surface area (Å²) in [6.07, 6.45) is -0.270. The molecule has 1 aliphatic heterocycles. The largest absolute Gasteiger partial charge is 0.444 e. The zero-order chi connectivity index (χ0) is 14.9. The molecule has 20 heavy (non-hydrogen) atoms. The average molecular weight is 282 g/mol. The molecule has 0 spiro atoms. The van der Waals surface area contributed by atoms with Crippen LogP contribution in [0.25, 0.3) is 0 Å². The molecule has 0 saturated carbocycles. The molecule has 0 unspecified atom stereocenters. The third kappa shape index (κ3) is 3.40. The Morgan fingerprint density at radius 2 is 2.10 bits per heavy atom. The monoisotopic (exact) mass is 282 g/mol. The number of aromatic nitrogens is 2. The third-order valence-electron chi connectivity index (χ3n) is 3.05. The van der Waals surface area contributed by atoms with Gasteiger partial charge in [0.2, 0.25) is 5.89 Å². The van der Waals surface area contributed by atoms with Gasteiger partial charge >= 0.3 is 6.09 Å². The number of hydrogen-bond donors (Lipinski definition) is 0. The zero-order valence-electron chi connectivity index (χ0n) is 12.7. The fraction of sp³-hybridized carbons (Fsp3) is 0.769. The Morgan fingerprint density at radius 3 is 2.60 bits per heavy atom. The van der Waals surface area contributed by atoms with Gasteiger partial charge in [-0.3, -0.25) is 0 Å². The first-order chi connectivity index (χ1) is 9.26. The van der Waals surface area contributed by atoms with Crippen LogP contribution in [0.1, 0.15) is 33.6 Å². The molecule has 1 amide bonds. The second kappa shape index (κ2) is 5.30. The van der Waals surface area contributed by atoms with Crippen molar-refractivity contribution in [1.82, 2.24) is 15.0 Å². The van der Waals surface area contributed by atoms with Gasteiger partial charge < -0.3 is 19.1 Å². The van der Waals surface area contributed by atoms with Gasteiger partial charge in [-0.25, -0.2) is 4.79 Å². The number of hydrogen-bond acceptors (Lipinski definition) is 6. The predicted octanol–water partition coefficient (Wildman–Crippen LogP) is 1.82. The highest BCUT2D eigenvalue weighted by Gasteiger charge is 2.31. The van der Waals surface area contributed by atoms with E-state index in [1.807, 2.05) is 32.6 Å². The maximum atomic E-state index is 12.0. The van der Waals surface area contributed by atoms with Crippen molar-refractivity contribution >= 4 is 12.0 Å². The molecule has 0 radical (unpaired) electrons. The average Bonchev–Trinajstić information content (AvgIpc) is 2.73. The number of rotatable bonds is 1. The van der Waals surface area contributed by atoms with Gasteiger partial charge in [0, 0.05) is 32.6 Å². The molecule has 1 aromatic rings. The summed E-state index contributed by atoms with van der Waals surface area (Å²) in [4.78, 5) is 20.0. The van der Waals surface area contributed by atoms with E-state index in [0.717, 1.165) is 0 Å². The van der Waals surface area contributed by atoms with Crippen LogP contribution in [0.3, 0.4) is 0 Å². The first kappa shape index (κ1) is 14.6. The van der Waals surface area contributed by atoms with Gasteiger partial charge in [0.1, 0.15) is 5.60 Å². The normalized spacial score (nSPS) is 20.1. The van der Waals surface area contributed by atoms with Crippen LogP contribution in [0.15, 0.2) is 4.52 Å². The van der Waals surface area contributed by atoms with Crippen molar-refractivity contribution in [2.45, 2.75) is 46.3 Å².